The summed E-state index contributed by atoms with van der Waals surface area (Å²) in [7, 11) is 0. The molecule has 1 aromatic heterocycles. The fourth-order valence-corrected chi connectivity index (χ4v) is 2.36. The Bertz CT molecular complexity index is 782. The van der Waals surface area contributed by atoms with Crippen molar-refractivity contribution in [3.63, 3.8) is 0 Å². The minimum atomic E-state index is -0.721. The maximum Gasteiger partial charge on any atom is 0.150 e. The molecule has 0 spiro atoms. The number of hydrogen-bond acceptors (Lipinski definition) is 2. The zero-order valence-electron chi connectivity index (χ0n) is 10.9. The highest BCUT2D eigenvalue weighted by Gasteiger charge is 2.10. The van der Waals surface area contributed by atoms with Gasteiger partial charge in [-0.15, -0.1) is 0 Å². The van der Waals surface area contributed by atoms with Crippen LogP contribution in [-0.2, 0) is 6.54 Å². The summed E-state index contributed by atoms with van der Waals surface area (Å²) in [5, 5.41) is 3.90. The lowest BCUT2D eigenvalue weighted by Crippen LogP contribution is -2.04. The summed E-state index contributed by atoms with van der Waals surface area (Å²) >= 11 is 5.83. The van der Waals surface area contributed by atoms with Gasteiger partial charge in [-0.05, 0) is 18.2 Å². The molecular weight excluding hydrogens is 294 g/mol. The second kappa shape index (κ2) is 5.66. The molecule has 1 N–H and O–H groups in total. The van der Waals surface area contributed by atoms with Crippen LogP contribution in [0.5, 0.6) is 0 Å². The van der Waals surface area contributed by atoms with Crippen molar-refractivity contribution in [3.8, 4) is 0 Å². The quantitative estimate of drug-likeness (QED) is 0.753. The molecule has 0 aliphatic carbocycles. The number of rotatable bonds is 3. The van der Waals surface area contributed by atoms with Crippen molar-refractivity contribution in [2.24, 2.45) is 0 Å². The smallest absolute Gasteiger partial charge is 0.150 e. The van der Waals surface area contributed by atoms with Crippen molar-refractivity contribution in [1.29, 1.82) is 0 Å². The first-order valence-corrected chi connectivity index (χ1v) is 6.74. The number of anilines is 1. The van der Waals surface area contributed by atoms with Gasteiger partial charge in [0.25, 0.3) is 0 Å². The zero-order chi connectivity index (χ0) is 14.8. The number of aromatic nitrogens is 1. The van der Waals surface area contributed by atoms with Crippen LogP contribution in [0.3, 0.4) is 0 Å². The summed E-state index contributed by atoms with van der Waals surface area (Å²) in [6.07, 6.45) is 0. The predicted octanol–water partition coefficient (Wildman–Crippen LogP) is 4.78. The number of para-hydroxylation sites is 1. The van der Waals surface area contributed by atoms with Crippen molar-refractivity contribution in [2.75, 3.05) is 5.32 Å². The third-order valence-corrected chi connectivity index (χ3v) is 3.41. The SMILES string of the molecule is Fc1cc(F)c(NCc2ccc3ccccc3n2)c(Cl)c1. The largest absolute Gasteiger partial charge is 0.376 e. The van der Waals surface area contributed by atoms with E-state index in [-0.39, 0.29) is 10.7 Å². The van der Waals surface area contributed by atoms with Gasteiger partial charge < -0.3 is 5.32 Å². The number of nitrogens with zero attached hydrogens (tertiary/aromatic N) is 1. The number of benzene rings is 2. The summed E-state index contributed by atoms with van der Waals surface area (Å²) in [5.41, 5.74) is 1.68. The fraction of sp³-hybridized carbons (Fsp3) is 0.0625. The van der Waals surface area contributed by atoms with Crippen LogP contribution in [0.25, 0.3) is 10.9 Å². The molecule has 0 bridgehead atoms. The zero-order valence-corrected chi connectivity index (χ0v) is 11.7. The molecule has 0 saturated heterocycles. The molecule has 0 unspecified atom stereocenters. The van der Waals surface area contributed by atoms with Crippen LogP contribution < -0.4 is 5.32 Å². The van der Waals surface area contributed by atoms with Crippen molar-refractivity contribution in [1.82, 2.24) is 4.98 Å². The standard InChI is InChI=1S/C16H11ClF2N2/c17-13-7-11(18)8-14(19)16(13)20-9-12-6-5-10-3-1-2-4-15(10)21-12/h1-8,20H,9H2. The van der Waals surface area contributed by atoms with E-state index in [0.717, 1.165) is 28.7 Å². The Balaban J connectivity index is 1.83. The Morgan fingerprint density at radius 1 is 1.05 bits per heavy atom. The van der Waals surface area contributed by atoms with Crippen molar-refractivity contribution < 1.29 is 8.78 Å². The first kappa shape index (κ1) is 13.8. The van der Waals surface area contributed by atoms with Gasteiger partial charge in [0.15, 0.2) is 5.82 Å². The molecule has 5 heteroatoms. The van der Waals surface area contributed by atoms with E-state index in [4.69, 9.17) is 11.6 Å². The normalized spacial score (nSPS) is 10.8. The van der Waals surface area contributed by atoms with E-state index < -0.39 is 11.6 Å². The molecule has 3 rings (SSSR count). The number of hydrogen-bond donors (Lipinski definition) is 1. The van der Waals surface area contributed by atoms with Gasteiger partial charge >= 0.3 is 0 Å². The minimum absolute atomic E-state index is 0.00768. The van der Waals surface area contributed by atoms with Gasteiger partial charge in [0.05, 0.1) is 28.5 Å². The molecule has 1 heterocycles. The second-order valence-electron chi connectivity index (χ2n) is 4.59. The fourth-order valence-electron chi connectivity index (χ4n) is 2.10. The number of pyridine rings is 1. The molecule has 0 aliphatic heterocycles. The maximum atomic E-state index is 13.7. The van der Waals surface area contributed by atoms with E-state index in [9.17, 15) is 8.78 Å². The lowest BCUT2D eigenvalue weighted by atomic mass is 10.2. The van der Waals surface area contributed by atoms with Gasteiger partial charge in [0.1, 0.15) is 5.82 Å². The molecule has 0 amide bonds. The van der Waals surface area contributed by atoms with E-state index >= 15 is 0 Å². The number of nitrogens with one attached hydrogen (secondary N) is 1. The molecular formula is C16H11ClF2N2. The highest BCUT2D eigenvalue weighted by Crippen LogP contribution is 2.26. The van der Waals surface area contributed by atoms with Crippen molar-refractivity contribution in [2.45, 2.75) is 6.54 Å². The number of halogens is 3. The van der Waals surface area contributed by atoms with Crippen LogP contribution in [0.1, 0.15) is 5.69 Å². The molecule has 3 aromatic rings. The maximum absolute atomic E-state index is 13.7. The van der Waals surface area contributed by atoms with Gasteiger partial charge in [0.2, 0.25) is 0 Å². The first-order valence-electron chi connectivity index (χ1n) is 6.36. The Hall–Kier alpha value is -2.20. The lowest BCUT2D eigenvalue weighted by molar-refractivity contribution is 0.585. The highest BCUT2D eigenvalue weighted by atomic mass is 35.5. The Kier molecular flexibility index (Phi) is 3.71. The van der Waals surface area contributed by atoms with Gasteiger partial charge in [-0.1, -0.05) is 35.9 Å². The first-order chi connectivity index (χ1) is 10.1. The van der Waals surface area contributed by atoms with Gasteiger partial charge in [0, 0.05) is 11.5 Å². The van der Waals surface area contributed by atoms with E-state index in [2.05, 4.69) is 10.3 Å². The molecule has 0 fully saturated rings. The predicted molar refractivity (Wildman–Crippen MR) is 80.4 cm³/mol. The summed E-state index contributed by atoms with van der Waals surface area (Å²) in [6, 6.07) is 13.4. The van der Waals surface area contributed by atoms with Crippen molar-refractivity contribution >= 4 is 28.2 Å². The summed E-state index contributed by atoms with van der Waals surface area (Å²) in [4.78, 5) is 4.47. The second-order valence-corrected chi connectivity index (χ2v) is 5.00. The lowest BCUT2D eigenvalue weighted by Gasteiger charge is -2.10. The molecule has 21 heavy (non-hydrogen) atoms. The van der Waals surface area contributed by atoms with Gasteiger partial charge in [-0.25, -0.2) is 8.78 Å². The van der Waals surface area contributed by atoms with Crippen molar-refractivity contribution in [3.05, 3.63) is 70.9 Å². The van der Waals surface area contributed by atoms with Crippen LogP contribution in [0.15, 0.2) is 48.5 Å². The van der Waals surface area contributed by atoms with Gasteiger partial charge in [-0.2, -0.15) is 0 Å². The van der Waals surface area contributed by atoms with Crippen LogP contribution in [0.2, 0.25) is 5.02 Å². The number of fused-ring (bicyclic) bond motifs is 1. The van der Waals surface area contributed by atoms with Crippen LogP contribution in [0, 0.1) is 11.6 Å². The average molecular weight is 305 g/mol. The molecule has 2 aromatic carbocycles. The average Bonchev–Trinajstić information content (AvgIpc) is 2.46. The summed E-state index contributed by atoms with van der Waals surface area (Å²) in [6.45, 7) is 0.299. The third-order valence-electron chi connectivity index (χ3n) is 3.11. The van der Waals surface area contributed by atoms with Crippen LogP contribution >= 0.6 is 11.6 Å². The van der Waals surface area contributed by atoms with E-state index in [1.807, 2.05) is 36.4 Å². The summed E-state index contributed by atoms with van der Waals surface area (Å²) < 4.78 is 26.6. The Morgan fingerprint density at radius 2 is 1.86 bits per heavy atom. The van der Waals surface area contributed by atoms with Crippen LogP contribution in [0.4, 0.5) is 14.5 Å². The third kappa shape index (κ3) is 2.95. The molecule has 0 atom stereocenters. The molecule has 0 radical (unpaired) electrons. The minimum Gasteiger partial charge on any atom is -0.376 e. The molecule has 0 aliphatic rings. The summed E-state index contributed by atoms with van der Waals surface area (Å²) in [5.74, 6) is -1.42. The van der Waals surface area contributed by atoms with E-state index in [1.165, 1.54) is 0 Å². The van der Waals surface area contributed by atoms with Gasteiger partial charge in [-0.3, -0.25) is 4.98 Å². The topological polar surface area (TPSA) is 24.9 Å². The highest BCUT2D eigenvalue weighted by molar-refractivity contribution is 6.33. The van der Waals surface area contributed by atoms with Crippen LogP contribution in [-0.4, -0.2) is 4.98 Å². The Labute approximate surface area is 125 Å². The molecule has 0 saturated carbocycles. The monoisotopic (exact) mass is 304 g/mol. The van der Waals surface area contributed by atoms with E-state index in [1.54, 1.807) is 0 Å². The van der Waals surface area contributed by atoms with E-state index in [0.29, 0.717) is 6.54 Å². The Morgan fingerprint density at radius 3 is 2.67 bits per heavy atom. The molecule has 106 valence electrons. The molecule has 2 nitrogen and oxygen atoms in total.